The van der Waals surface area contributed by atoms with E-state index in [-0.39, 0.29) is 49.4 Å². The van der Waals surface area contributed by atoms with E-state index in [4.69, 9.17) is 32.9 Å². The monoisotopic (exact) mass is 944 g/mol. The minimum atomic E-state index is -1.08. The van der Waals surface area contributed by atoms with Gasteiger partial charge in [-0.1, -0.05) is 65.7 Å². The van der Waals surface area contributed by atoms with Crippen LogP contribution in [0.4, 0.5) is 0 Å². The first-order chi connectivity index (χ1) is 32.3. The van der Waals surface area contributed by atoms with Crippen LogP contribution < -0.4 is 10.1 Å². The SMILES string of the molecule is C[C@H]1C(=O)C[C@@H](CO)C(=O)N[C@@]2(Cc3ccc(Cl)cc3)CCCN(C2)C(=O)[C@H]([C@@H]2CCc3ccccc32)CC(=O)N1Cc1ccc(Cl)cc1Oc1ccc(-c2cnc(C3CN(C)C3)n2C)cc1. The number of aryl methyl sites for hydroxylation is 1. The van der Waals surface area contributed by atoms with Crippen molar-refractivity contribution in [2.45, 2.75) is 81.8 Å². The van der Waals surface area contributed by atoms with Crippen LogP contribution in [0.25, 0.3) is 11.3 Å². The van der Waals surface area contributed by atoms with Crippen molar-refractivity contribution >= 4 is 46.7 Å². The number of benzene rings is 4. The number of amides is 3. The third-order valence-electron chi connectivity index (χ3n) is 14.6. The van der Waals surface area contributed by atoms with Gasteiger partial charge in [-0.3, -0.25) is 19.2 Å². The van der Waals surface area contributed by atoms with Crippen LogP contribution in [-0.2, 0) is 45.6 Å². The standard InChI is InChI=1S/C53H58Cl2N6O6/c1-33-47(63)23-38(31-62)51(65)57-53(26-34-9-15-40(54)16-10-34)21-6-22-60(32-53)52(66)45(44-20-14-35-7-4-5-8-43(35)44)25-49(64)61(33)30-37-11-17-41(55)24-48(37)67-42-18-12-36(13-19-42)46-27-56-50(59(46)3)39-28-58(2)29-39/h4-5,7-13,15-19,24,27,33,38-39,44-45,62H,6,14,20-23,25-26,28-32H2,1-3H3,(H,57,65)/t33-,38-,44+,45-,53+/m0/s1. The number of aliphatic hydroxyl groups excluding tert-OH is 1. The molecule has 2 N–H and O–H groups in total. The minimum Gasteiger partial charge on any atom is -0.457 e. The fourth-order valence-electron chi connectivity index (χ4n) is 10.9. The van der Waals surface area contributed by atoms with Gasteiger partial charge in [0.1, 0.15) is 17.3 Å². The zero-order valence-corrected chi connectivity index (χ0v) is 39.8. The molecule has 12 nitrogen and oxygen atoms in total. The van der Waals surface area contributed by atoms with Crippen molar-refractivity contribution in [2.75, 3.05) is 39.8 Å². The first-order valence-corrected chi connectivity index (χ1v) is 24.2. The van der Waals surface area contributed by atoms with Crippen molar-refractivity contribution in [1.29, 1.82) is 0 Å². The van der Waals surface area contributed by atoms with Gasteiger partial charge >= 0.3 is 0 Å². The first kappa shape index (κ1) is 46.6. The molecule has 4 aromatic carbocycles. The van der Waals surface area contributed by atoms with E-state index < -0.39 is 35.9 Å². The van der Waals surface area contributed by atoms with Crippen LogP contribution in [-0.4, -0.2) is 104 Å². The number of carbonyl (C=O) groups excluding carboxylic acids is 4. The number of likely N-dealkylation sites (tertiary alicyclic amines) is 1. The summed E-state index contributed by atoms with van der Waals surface area (Å²) in [7, 11) is 4.15. The summed E-state index contributed by atoms with van der Waals surface area (Å²) in [4.78, 5) is 69.6. The lowest BCUT2D eigenvalue weighted by molar-refractivity contribution is -0.148. The molecule has 3 fully saturated rings. The lowest BCUT2D eigenvalue weighted by Gasteiger charge is -2.46. The van der Waals surface area contributed by atoms with Gasteiger partial charge in [0.25, 0.3) is 0 Å². The Morgan fingerprint density at radius 1 is 0.896 bits per heavy atom. The van der Waals surface area contributed by atoms with Gasteiger partial charge in [-0.2, -0.15) is 0 Å². The quantitative estimate of drug-likeness (QED) is 0.144. The summed E-state index contributed by atoms with van der Waals surface area (Å²) in [5.41, 5.74) is 4.83. The molecule has 3 saturated heterocycles. The summed E-state index contributed by atoms with van der Waals surface area (Å²) in [6, 6.07) is 27.4. The minimum absolute atomic E-state index is 0.0451. The molecule has 3 aliphatic heterocycles. The maximum absolute atomic E-state index is 15.3. The Bertz CT molecular complexity index is 2650. The largest absolute Gasteiger partial charge is 0.457 e. The second-order valence-corrected chi connectivity index (χ2v) is 20.1. The highest BCUT2D eigenvalue weighted by Gasteiger charge is 2.45. The van der Waals surface area contributed by atoms with Crippen molar-refractivity contribution in [3.8, 4) is 22.8 Å². The smallest absolute Gasteiger partial charge is 0.226 e. The van der Waals surface area contributed by atoms with Crippen LogP contribution in [0.1, 0.15) is 78.9 Å². The molecule has 0 radical (unpaired) electrons. The molecule has 67 heavy (non-hydrogen) atoms. The molecule has 1 aromatic heterocycles. The fraction of sp³-hybridized carbons (Fsp3) is 0.415. The molecule has 14 heteroatoms. The molecule has 2 bridgehead atoms. The molecule has 4 aliphatic rings. The number of aliphatic hydroxyl groups is 1. The number of nitrogens with zero attached hydrogens (tertiary/aromatic N) is 5. The van der Waals surface area contributed by atoms with Gasteiger partial charge in [-0.25, -0.2) is 4.98 Å². The summed E-state index contributed by atoms with van der Waals surface area (Å²) >= 11 is 12.8. The summed E-state index contributed by atoms with van der Waals surface area (Å²) in [5.74, 6) is -1.03. The van der Waals surface area contributed by atoms with Gasteiger partial charge in [0.2, 0.25) is 17.7 Å². The van der Waals surface area contributed by atoms with Crippen LogP contribution >= 0.6 is 23.2 Å². The maximum atomic E-state index is 15.3. The number of rotatable bonds is 10. The number of ether oxygens (including phenoxy) is 1. The number of fused-ring (bicyclic) bond motifs is 3. The molecular weight excluding hydrogens is 888 g/mol. The normalized spacial score (nSPS) is 24.3. The summed E-state index contributed by atoms with van der Waals surface area (Å²) in [6.45, 7) is 3.67. The van der Waals surface area contributed by atoms with Crippen LogP contribution in [0.3, 0.4) is 0 Å². The summed E-state index contributed by atoms with van der Waals surface area (Å²) < 4.78 is 8.66. The van der Waals surface area contributed by atoms with Crippen LogP contribution in [0.5, 0.6) is 11.5 Å². The number of nitrogens with one attached hydrogen (secondary N) is 1. The van der Waals surface area contributed by atoms with E-state index in [1.807, 2.05) is 66.7 Å². The Morgan fingerprint density at radius 3 is 2.39 bits per heavy atom. The molecule has 0 saturated carbocycles. The van der Waals surface area contributed by atoms with Gasteiger partial charge in [0.05, 0.1) is 48.5 Å². The second-order valence-electron chi connectivity index (χ2n) is 19.2. The molecule has 9 rings (SSSR count). The van der Waals surface area contributed by atoms with Gasteiger partial charge in [0.15, 0.2) is 5.78 Å². The molecule has 4 heterocycles. The van der Waals surface area contributed by atoms with E-state index in [0.29, 0.717) is 65.3 Å². The number of piperidine rings is 1. The maximum Gasteiger partial charge on any atom is 0.226 e. The van der Waals surface area contributed by atoms with Crippen molar-refractivity contribution in [2.24, 2.45) is 18.9 Å². The average molecular weight is 946 g/mol. The molecule has 350 valence electrons. The Balaban J connectivity index is 1.03. The number of ketones is 1. The van der Waals surface area contributed by atoms with Crippen molar-refractivity contribution in [1.82, 2.24) is 29.6 Å². The number of imidazole rings is 1. The molecule has 0 spiro atoms. The molecule has 5 aromatic rings. The lowest BCUT2D eigenvalue weighted by atomic mass is 9.79. The van der Waals surface area contributed by atoms with Crippen molar-refractivity contribution in [3.63, 3.8) is 0 Å². The Morgan fingerprint density at radius 2 is 1.64 bits per heavy atom. The Kier molecular flexibility index (Phi) is 13.6. The fourth-order valence-corrected chi connectivity index (χ4v) is 11.2. The van der Waals surface area contributed by atoms with Crippen molar-refractivity contribution < 1.29 is 29.0 Å². The highest BCUT2D eigenvalue weighted by molar-refractivity contribution is 6.31. The highest BCUT2D eigenvalue weighted by Crippen LogP contribution is 2.42. The topological polar surface area (TPSA) is 137 Å². The summed E-state index contributed by atoms with van der Waals surface area (Å²) in [5, 5.41) is 14.9. The molecule has 5 atom stereocenters. The van der Waals surface area contributed by atoms with E-state index in [9.17, 15) is 14.7 Å². The molecule has 1 aliphatic carbocycles. The average Bonchev–Trinajstić information content (AvgIpc) is 3.92. The third kappa shape index (κ3) is 9.90. The zero-order valence-electron chi connectivity index (χ0n) is 38.3. The Hall–Kier alpha value is -5.53. The van der Waals surface area contributed by atoms with Gasteiger partial charge < -0.3 is 34.4 Å². The van der Waals surface area contributed by atoms with E-state index in [0.717, 1.165) is 53.3 Å². The van der Waals surface area contributed by atoms with Crippen LogP contribution in [0.15, 0.2) is 97.2 Å². The molecule has 0 unspecified atom stereocenters. The van der Waals surface area contributed by atoms with Gasteiger partial charge in [-0.15, -0.1) is 0 Å². The number of halogens is 2. The number of carbonyl (C=O) groups is 4. The number of hydrogen-bond acceptors (Lipinski definition) is 8. The highest BCUT2D eigenvalue weighted by atomic mass is 35.5. The van der Waals surface area contributed by atoms with Gasteiger partial charge in [-0.05, 0) is 117 Å². The lowest BCUT2D eigenvalue weighted by Crippen LogP contribution is -2.63. The second kappa shape index (κ2) is 19.6. The molecular formula is C53H58Cl2N6O6. The van der Waals surface area contributed by atoms with E-state index in [1.54, 1.807) is 37.3 Å². The predicted octanol–water partition coefficient (Wildman–Crippen LogP) is 7.97. The van der Waals surface area contributed by atoms with Gasteiger partial charge in [0, 0.05) is 73.2 Å². The molecule has 3 amide bonds. The van der Waals surface area contributed by atoms with E-state index >= 15 is 9.59 Å². The van der Waals surface area contributed by atoms with Crippen molar-refractivity contribution in [3.05, 3.63) is 135 Å². The first-order valence-electron chi connectivity index (χ1n) is 23.4. The predicted molar refractivity (Wildman–Crippen MR) is 258 cm³/mol. The van der Waals surface area contributed by atoms with E-state index in [1.165, 1.54) is 4.90 Å². The number of hydrogen-bond donors (Lipinski definition) is 2. The third-order valence-corrected chi connectivity index (χ3v) is 15.1. The van der Waals surface area contributed by atoms with Crippen LogP contribution in [0, 0.1) is 11.8 Å². The number of aromatic nitrogens is 2. The number of likely N-dealkylation sites (N-methyl/N-ethyl adjacent to an activating group) is 1. The van der Waals surface area contributed by atoms with Crippen LogP contribution in [0.2, 0.25) is 10.0 Å². The zero-order chi connectivity index (χ0) is 47.0. The number of Topliss-reactive ketones (excluding diaryl/α,β-unsaturated/α-hetero) is 1. The Labute approximate surface area is 402 Å². The van der Waals surface area contributed by atoms with E-state index in [2.05, 4.69) is 34.0 Å². The summed E-state index contributed by atoms with van der Waals surface area (Å²) in [6.07, 6.45) is 4.55.